The van der Waals surface area contributed by atoms with E-state index in [9.17, 15) is 4.79 Å². The molecule has 0 bridgehead atoms. The summed E-state index contributed by atoms with van der Waals surface area (Å²) in [6.45, 7) is 4.20. The largest absolute Gasteiger partial charge is 0.328 e. The Hall–Kier alpha value is -0.570. The Balaban J connectivity index is 2.98. The predicted octanol–water partition coefficient (Wildman–Crippen LogP) is 2.34. The average molecular weight is 230 g/mol. The molecule has 0 radical (unpaired) electrons. The van der Waals surface area contributed by atoms with Crippen molar-refractivity contribution < 1.29 is 0 Å². The minimum absolute atomic E-state index is 0.0203. The smallest absolute Gasteiger partial charge is 0.251 e. The highest BCUT2D eigenvalue weighted by Gasteiger charge is 2.02. The second-order valence-electron chi connectivity index (χ2n) is 3.27. The van der Waals surface area contributed by atoms with Crippen LogP contribution in [0.3, 0.4) is 0 Å². The van der Waals surface area contributed by atoms with E-state index in [1.165, 1.54) is 0 Å². The molecule has 0 saturated heterocycles. The molecule has 0 atom stereocenters. The van der Waals surface area contributed by atoms with Gasteiger partial charge in [-0.3, -0.25) is 4.79 Å². The van der Waals surface area contributed by atoms with Crippen molar-refractivity contribution in [2.45, 2.75) is 20.3 Å². The second-order valence-corrected chi connectivity index (χ2v) is 4.19. The minimum Gasteiger partial charge on any atom is -0.328 e. The zero-order valence-electron chi connectivity index (χ0n) is 7.23. The lowest BCUT2D eigenvalue weighted by molar-refractivity contribution is 0.642. The van der Waals surface area contributed by atoms with Crippen molar-refractivity contribution in [2.75, 3.05) is 0 Å². The van der Waals surface area contributed by atoms with Crippen molar-refractivity contribution in [1.82, 2.24) is 4.98 Å². The third-order valence-corrected chi connectivity index (χ3v) is 2.03. The van der Waals surface area contributed by atoms with Gasteiger partial charge in [0.05, 0.1) is 0 Å². The molecule has 0 aliphatic rings. The van der Waals surface area contributed by atoms with Crippen LogP contribution >= 0.6 is 15.9 Å². The summed E-state index contributed by atoms with van der Waals surface area (Å²) in [4.78, 5) is 13.9. The van der Waals surface area contributed by atoms with Gasteiger partial charge in [0.1, 0.15) is 0 Å². The van der Waals surface area contributed by atoms with Crippen LogP contribution in [0.4, 0.5) is 0 Å². The van der Waals surface area contributed by atoms with Gasteiger partial charge in [-0.05, 0) is 34.3 Å². The lowest BCUT2D eigenvalue weighted by atomic mass is 10.1. The van der Waals surface area contributed by atoms with E-state index < -0.39 is 0 Å². The van der Waals surface area contributed by atoms with Crippen LogP contribution in [0.25, 0.3) is 0 Å². The van der Waals surface area contributed by atoms with Gasteiger partial charge >= 0.3 is 0 Å². The van der Waals surface area contributed by atoms with Gasteiger partial charge in [-0.1, -0.05) is 13.8 Å². The van der Waals surface area contributed by atoms with Gasteiger partial charge in [0.2, 0.25) is 0 Å². The fourth-order valence-corrected chi connectivity index (χ4v) is 1.48. The lowest BCUT2D eigenvalue weighted by Gasteiger charge is -2.03. The first-order valence-electron chi connectivity index (χ1n) is 3.96. The maximum Gasteiger partial charge on any atom is 0.251 e. The summed E-state index contributed by atoms with van der Waals surface area (Å²) in [6.07, 6.45) is 2.49. The SMILES string of the molecule is CC(C)Cc1cc(Br)c[nH]c1=O. The summed E-state index contributed by atoms with van der Waals surface area (Å²) in [5.74, 6) is 0.514. The maximum atomic E-state index is 11.2. The molecule has 0 aliphatic heterocycles. The van der Waals surface area contributed by atoms with E-state index in [4.69, 9.17) is 0 Å². The number of hydrogen-bond donors (Lipinski definition) is 1. The van der Waals surface area contributed by atoms with Crippen molar-refractivity contribution >= 4 is 15.9 Å². The van der Waals surface area contributed by atoms with Crippen LogP contribution in [0.15, 0.2) is 21.5 Å². The van der Waals surface area contributed by atoms with E-state index in [0.29, 0.717) is 5.92 Å². The molecular weight excluding hydrogens is 218 g/mol. The van der Waals surface area contributed by atoms with Crippen LogP contribution < -0.4 is 5.56 Å². The van der Waals surface area contributed by atoms with Crippen LogP contribution in [0.1, 0.15) is 19.4 Å². The Kier molecular flexibility index (Phi) is 3.09. The molecule has 2 nitrogen and oxygen atoms in total. The Morgan fingerprint density at radius 3 is 2.83 bits per heavy atom. The highest BCUT2D eigenvalue weighted by atomic mass is 79.9. The zero-order chi connectivity index (χ0) is 9.14. The third-order valence-electron chi connectivity index (χ3n) is 1.57. The summed E-state index contributed by atoms with van der Waals surface area (Å²) >= 11 is 3.32. The van der Waals surface area contributed by atoms with Gasteiger partial charge in [-0.25, -0.2) is 0 Å². The lowest BCUT2D eigenvalue weighted by Crippen LogP contribution is -2.13. The van der Waals surface area contributed by atoms with E-state index >= 15 is 0 Å². The molecule has 12 heavy (non-hydrogen) atoms. The molecule has 0 unspecified atom stereocenters. The fourth-order valence-electron chi connectivity index (χ4n) is 1.09. The zero-order valence-corrected chi connectivity index (χ0v) is 8.81. The topological polar surface area (TPSA) is 32.9 Å². The monoisotopic (exact) mass is 229 g/mol. The van der Waals surface area contributed by atoms with Crippen molar-refractivity contribution in [3.05, 3.63) is 32.7 Å². The third kappa shape index (κ3) is 2.48. The van der Waals surface area contributed by atoms with Crippen LogP contribution in [-0.2, 0) is 6.42 Å². The number of nitrogens with one attached hydrogen (secondary N) is 1. The molecule has 0 saturated carbocycles. The fraction of sp³-hybridized carbons (Fsp3) is 0.444. The number of aromatic nitrogens is 1. The van der Waals surface area contributed by atoms with Gasteiger partial charge in [0.15, 0.2) is 0 Å². The van der Waals surface area contributed by atoms with E-state index in [2.05, 4.69) is 34.8 Å². The van der Waals surface area contributed by atoms with Crippen molar-refractivity contribution in [3.8, 4) is 0 Å². The van der Waals surface area contributed by atoms with Crippen LogP contribution in [0.5, 0.6) is 0 Å². The first kappa shape index (κ1) is 9.52. The Labute approximate surface area is 80.1 Å². The molecule has 0 amide bonds. The summed E-state index contributed by atoms with van der Waals surface area (Å²) in [6, 6.07) is 1.87. The molecular formula is C9H12BrNO. The molecule has 1 aromatic heterocycles. The first-order chi connectivity index (χ1) is 5.59. The molecule has 3 heteroatoms. The van der Waals surface area contributed by atoms with Crippen LogP contribution in [0.2, 0.25) is 0 Å². The average Bonchev–Trinajstić information content (AvgIpc) is 1.96. The van der Waals surface area contributed by atoms with Crippen molar-refractivity contribution in [1.29, 1.82) is 0 Å². The highest BCUT2D eigenvalue weighted by molar-refractivity contribution is 9.10. The number of rotatable bonds is 2. The van der Waals surface area contributed by atoms with Crippen molar-refractivity contribution in [2.24, 2.45) is 5.92 Å². The Morgan fingerprint density at radius 1 is 1.58 bits per heavy atom. The molecule has 66 valence electrons. The van der Waals surface area contributed by atoms with E-state index in [-0.39, 0.29) is 5.56 Å². The normalized spacial score (nSPS) is 10.7. The van der Waals surface area contributed by atoms with Gasteiger partial charge in [-0.15, -0.1) is 0 Å². The number of halogens is 1. The molecule has 1 heterocycles. The molecule has 0 fully saturated rings. The quantitative estimate of drug-likeness (QED) is 0.830. The summed E-state index contributed by atoms with van der Waals surface area (Å²) < 4.78 is 0.928. The highest BCUT2D eigenvalue weighted by Crippen LogP contribution is 2.09. The molecule has 0 aliphatic carbocycles. The molecule has 1 rings (SSSR count). The number of H-pyrrole nitrogens is 1. The van der Waals surface area contributed by atoms with Crippen molar-refractivity contribution in [3.63, 3.8) is 0 Å². The van der Waals surface area contributed by atoms with E-state index in [1.54, 1.807) is 6.20 Å². The first-order valence-corrected chi connectivity index (χ1v) is 4.76. The van der Waals surface area contributed by atoms with Crippen LogP contribution in [-0.4, -0.2) is 4.98 Å². The number of aromatic amines is 1. The van der Waals surface area contributed by atoms with E-state index in [0.717, 1.165) is 16.5 Å². The second kappa shape index (κ2) is 3.90. The van der Waals surface area contributed by atoms with Gasteiger partial charge in [0, 0.05) is 16.2 Å². The molecule has 0 spiro atoms. The van der Waals surface area contributed by atoms with E-state index in [1.807, 2.05) is 6.07 Å². The molecule has 1 N–H and O–H groups in total. The van der Waals surface area contributed by atoms with Gasteiger partial charge in [0.25, 0.3) is 5.56 Å². The Morgan fingerprint density at radius 2 is 2.25 bits per heavy atom. The summed E-state index contributed by atoms with van der Waals surface area (Å²) in [7, 11) is 0. The minimum atomic E-state index is 0.0203. The molecule has 0 aromatic carbocycles. The number of pyridine rings is 1. The van der Waals surface area contributed by atoms with Gasteiger partial charge < -0.3 is 4.98 Å². The maximum absolute atomic E-state index is 11.2. The van der Waals surface area contributed by atoms with Gasteiger partial charge in [-0.2, -0.15) is 0 Å². The van der Waals surface area contributed by atoms with Crippen LogP contribution in [0, 0.1) is 5.92 Å². The predicted molar refractivity (Wildman–Crippen MR) is 53.3 cm³/mol. The molecule has 1 aromatic rings. The Bertz CT molecular complexity index is 317. The summed E-state index contributed by atoms with van der Waals surface area (Å²) in [5.41, 5.74) is 0.867. The number of hydrogen-bond acceptors (Lipinski definition) is 1. The standard InChI is InChI=1S/C9H12BrNO/c1-6(2)3-7-4-8(10)5-11-9(7)12/h4-6H,3H2,1-2H3,(H,11,12). The summed E-state index contributed by atoms with van der Waals surface area (Å²) in [5, 5.41) is 0.